The smallest absolute Gasteiger partial charge is 0.259 e. The largest absolute Gasteiger partial charge is 0.360 e. The molecule has 0 saturated carbocycles. The molecule has 1 aliphatic rings. The molecule has 1 aromatic heterocycles. The molecule has 1 fully saturated rings. The molecule has 2 aromatic carbocycles. The van der Waals surface area contributed by atoms with E-state index in [0.717, 1.165) is 25.1 Å². The van der Waals surface area contributed by atoms with Gasteiger partial charge in [-0.25, -0.2) is 0 Å². The number of aromatic nitrogens is 1. The third-order valence-electron chi connectivity index (χ3n) is 4.83. The zero-order chi connectivity index (χ0) is 17.1. The van der Waals surface area contributed by atoms with E-state index >= 15 is 0 Å². The molecule has 1 saturated heterocycles. The molecule has 4 nitrogen and oxygen atoms in total. The van der Waals surface area contributed by atoms with Crippen LogP contribution in [0.4, 0.5) is 0 Å². The van der Waals surface area contributed by atoms with Crippen LogP contribution >= 0.6 is 0 Å². The molecule has 4 heteroatoms. The normalized spacial score (nSPS) is 17.0. The molecule has 4 rings (SSSR count). The van der Waals surface area contributed by atoms with Gasteiger partial charge in [0.15, 0.2) is 5.76 Å². The lowest BCUT2D eigenvalue weighted by molar-refractivity contribution is 0.0788. The van der Waals surface area contributed by atoms with Crippen molar-refractivity contribution in [2.75, 3.05) is 13.1 Å². The monoisotopic (exact) mass is 332 g/mol. The fourth-order valence-corrected chi connectivity index (χ4v) is 3.46. The first-order valence-electron chi connectivity index (χ1n) is 8.63. The van der Waals surface area contributed by atoms with Gasteiger partial charge in [-0.3, -0.25) is 4.79 Å². The Morgan fingerprint density at radius 2 is 1.80 bits per heavy atom. The Morgan fingerprint density at radius 3 is 2.56 bits per heavy atom. The van der Waals surface area contributed by atoms with Gasteiger partial charge in [-0.2, -0.15) is 0 Å². The van der Waals surface area contributed by atoms with Crippen LogP contribution in [0.25, 0.3) is 0 Å². The minimum atomic E-state index is 0.0191. The second-order valence-electron chi connectivity index (χ2n) is 6.47. The van der Waals surface area contributed by atoms with E-state index in [1.54, 1.807) is 6.20 Å². The number of benzene rings is 2. The molecule has 1 unspecified atom stereocenters. The Kier molecular flexibility index (Phi) is 4.34. The highest BCUT2D eigenvalue weighted by atomic mass is 16.5. The van der Waals surface area contributed by atoms with Crippen molar-refractivity contribution in [3.05, 3.63) is 89.3 Å². The van der Waals surface area contributed by atoms with Gasteiger partial charge in [-0.1, -0.05) is 65.8 Å². The van der Waals surface area contributed by atoms with Crippen LogP contribution in [0.1, 0.15) is 39.6 Å². The summed E-state index contributed by atoms with van der Waals surface area (Å²) >= 11 is 0. The van der Waals surface area contributed by atoms with Crippen LogP contribution in [-0.4, -0.2) is 29.1 Å². The summed E-state index contributed by atoms with van der Waals surface area (Å²) in [6.45, 7) is 1.52. The average molecular weight is 332 g/mol. The summed E-state index contributed by atoms with van der Waals surface area (Å²) in [5.74, 6) is 1.06. The van der Waals surface area contributed by atoms with Gasteiger partial charge in [0.25, 0.3) is 5.91 Å². The van der Waals surface area contributed by atoms with Crippen LogP contribution in [-0.2, 0) is 6.42 Å². The number of amides is 1. The van der Waals surface area contributed by atoms with Gasteiger partial charge in [-0.05, 0) is 17.5 Å². The number of likely N-dealkylation sites (tertiary alicyclic amines) is 1. The van der Waals surface area contributed by atoms with Crippen molar-refractivity contribution in [2.45, 2.75) is 18.8 Å². The fourth-order valence-electron chi connectivity index (χ4n) is 3.46. The van der Waals surface area contributed by atoms with E-state index < -0.39 is 0 Å². The van der Waals surface area contributed by atoms with E-state index in [0.29, 0.717) is 23.7 Å². The zero-order valence-corrected chi connectivity index (χ0v) is 14.0. The Hall–Kier alpha value is -2.88. The molecule has 0 radical (unpaired) electrons. The summed E-state index contributed by atoms with van der Waals surface area (Å²) in [6, 6.07) is 20.4. The lowest BCUT2D eigenvalue weighted by Crippen LogP contribution is -2.28. The third-order valence-corrected chi connectivity index (χ3v) is 4.83. The van der Waals surface area contributed by atoms with Crippen molar-refractivity contribution >= 4 is 5.91 Å². The first-order chi connectivity index (χ1) is 12.3. The summed E-state index contributed by atoms with van der Waals surface area (Å²) < 4.78 is 5.36. The predicted octanol–water partition coefficient (Wildman–Crippen LogP) is 3.90. The number of hydrogen-bond donors (Lipinski definition) is 0. The maximum Gasteiger partial charge on any atom is 0.259 e. The van der Waals surface area contributed by atoms with Crippen LogP contribution in [0.5, 0.6) is 0 Å². The van der Waals surface area contributed by atoms with E-state index in [9.17, 15) is 4.79 Å². The van der Waals surface area contributed by atoms with E-state index in [1.807, 2.05) is 41.3 Å². The minimum absolute atomic E-state index is 0.0191. The summed E-state index contributed by atoms with van der Waals surface area (Å²) in [6.07, 6.45) is 3.13. The average Bonchev–Trinajstić information content (AvgIpc) is 3.32. The Bertz CT molecular complexity index is 843. The molecule has 1 aliphatic heterocycles. The first kappa shape index (κ1) is 15.6. The second-order valence-corrected chi connectivity index (χ2v) is 6.47. The molecule has 1 atom stereocenters. The van der Waals surface area contributed by atoms with Crippen molar-refractivity contribution in [3.8, 4) is 0 Å². The van der Waals surface area contributed by atoms with E-state index in [2.05, 4.69) is 29.4 Å². The molecule has 3 aromatic rings. The Morgan fingerprint density at radius 1 is 1.08 bits per heavy atom. The minimum Gasteiger partial charge on any atom is -0.360 e. The quantitative estimate of drug-likeness (QED) is 0.728. The maximum absolute atomic E-state index is 12.9. The number of nitrogens with zero attached hydrogens (tertiary/aromatic N) is 2. The van der Waals surface area contributed by atoms with E-state index in [1.165, 1.54) is 5.56 Å². The molecular formula is C21H20N2O2. The second kappa shape index (κ2) is 6.93. The standard InChI is InChI=1S/C21H20N2O2/c24-21(23-12-11-18(15-23)17-9-5-2-6-10-17)19-14-22-25-20(19)13-16-7-3-1-4-8-16/h1-10,14,18H,11-13,15H2. The molecule has 0 aliphatic carbocycles. The van der Waals surface area contributed by atoms with Crippen LogP contribution in [0.2, 0.25) is 0 Å². The highest BCUT2D eigenvalue weighted by Gasteiger charge is 2.30. The molecule has 126 valence electrons. The number of carbonyl (C=O) groups is 1. The summed E-state index contributed by atoms with van der Waals surface area (Å²) in [4.78, 5) is 14.8. The SMILES string of the molecule is O=C(c1cnoc1Cc1ccccc1)N1CCC(c2ccccc2)C1. The Labute approximate surface area is 147 Å². The maximum atomic E-state index is 12.9. The van der Waals surface area contributed by atoms with Crippen molar-refractivity contribution in [1.29, 1.82) is 0 Å². The zero-order valence-electron chi connectivity index (χ0n) is 14.0. The molecule has 25 heavy (non-hydrogen) atoms. The van der Waals surface area contributed by atoms with Gasteiger partial charge in [0, 0.05) is 25.4 Å². The highest BCUT2D eigenvalue weighted by molar-refractivity contribution is 5.95. The lowest BCUT2D eigenvalue weighted by Gasteiger charge is -2.16. The van der Waals surface area contributed by atoms with E-state index in [-0.39, 0.29) is 5.91 Å². The molecule has 0 spiro atoms. The van der Waals surface area contributed by atoms with Gasteiger partial charge in [-0.15, -0.1) is 0 Å². The van der Waals surface area contributed by atoms with Crippen molar-refractivity contribution < 1.29 is 9.32 Å². The van der Waals surface area contributed by atoms with Crippen LogP contribution < -0.4 is 0 Å². The summed E-state index contributed by atoms with van der Waals surface area (Å²) in [5, 5.41) is 3.87. The van der Waals surface area contributed by atoms with Crippen molar-refractivity contribution in [3.63, 3.8) is 0 Å². The van der Waals surface area contributed by atoms with Crippen molar-refractivity contribution in [2.24, 2.45) is 0 Å². The van der Waals surface area contributed by atoms with Crippen LogP contribution in [0.3, 0.4) is 0 Å². The third kappa shape index (κ3) is 3.33. The Balaban J connectivity index is 1.48. The van der Waals surface area contributed by atoms with Crippen molar-refractivity contribution in [1.82, 2.24) is 10.1 Å². The summed E-state index contributed by atoms with van der Waals surface area (Å²) in [5.41, 5.74) is 2.99. The van der Waals surface area contributed by atoms with Gasteiger partial charge in [0.05, 0.1) is 6.20 Å². The predicted molar refractivity (Wildman–Crippen MR) is 95.5 cm³/mol. The first-order valence-corrected chi connectivity index (χ1v) is 8.63. The number of rotatable bonds is 4. The van der Waals surface area contributed by atoms with Gasteiger partial charge < -0.3 is 9.42 Å². The number of hydrogen-bond acceptors (Lipinski definition) is 3. The molecule has 1 amide bonds. The lowest BCUT2D eigenvalue weighted by atomic mass is 9.99. The van der Waals surface area contributed by atoms with Gasteiger partial charge >= 0.3 is 0 Å². The highest BCUT2D eigenvalue weighted by Crippen LogP contribution is 2.28. The van der Waals surface area contributed by atoms with Crippen LogP contribution in [0, 0.1) is 0 Å². The fraction of sp³-hybridized carbons (Fsp3) is 0.238. The molecular weight excluding hydrogens is 312 g/mol. The molecule has 0 N–H and O–H groups in total. The summed E-state index contributed by atoms with van der Waals surface area (Å²) in [7, 11) is 0. The topological polar surface area (TPSA) is 46.3 Å². The molecule has 2 heterocycles. The van der Waals surface area contributed by atoms with Crippen LogP contribution in [0.15, 0.2) is 71.4 Å². The molecule has 0 bridgehead atoms. The van der Waals surface area contributed by atoms with E-state index in [4.69, 9.17) is 4.52 Å². The number of carbonyl (C=O) groups excluding carboxylic acids is 1. The van der Waals surface area contributed by atoms with Gasteiger partial charge in [0.2, 0.25) is 0 Å². The van der Waals surface area contributed by atoms with Gasteiger partial charge in [0.1, 0.15) is 5.56 Å².